The van der Waals surface area contributed by atoms with E-state index in [2.05, 4.69) is 35.9 Å². The number of hydrogen-bond donors (Lipinski definition) is 1. The molecule has 0 aliphatic carbocycles. The molecule has 0 aliphatic heterocycles. The molecule has 41 heavy (non-hydrogen) atoms. The van der Waals surface area contributed by atoms with Crippen molar-refractivity contribution in [2.75, 3.05) is 19.4 Å². The Bertz CT molecular complexity index is 1730. The van der Waals surface area contributed by atoms with Gasteiger partial charge in [-0.1, -0.05) is 36.4 Å². The minimum absolute atomic E-state index is 0.0146. The predicted octanol–water partition coefficient (Wildman–Crippen LogP) is 8.02. The quantitative estimate of drug-likeness (QED) is 0.121. The number of Topliss-reactive ketones (excluding diaryl/α,β-unsaturated/α-hetero) is 1. The van der Waals surface area contributed by atoms with Crippen molar-refractivity contribution in [2.24, 2.45) is 0 Å². The number of aromatic amines is 1. The molecule has 1 N–H and O–H groups in total. The molecule has 0 saturated carbocycles. The summed E-state index contributed by atoms with van der Waals surface area (Å²) in [7, 11) is -3.04. The summed E-state index contributed by atoms with van der Waals surface area (Å²) in [6.07, 6.45) is 2.13. The SMILES string of the molecule is CCOP(=O)(CCCc1cc(C)c(-c2nc3ccc(C(=O)Cc4ccc5ccccc5n4)cc3[nH]2)c(C)c1)OCC. The Morgan fingerprint density at radius 1 is 0.878 bits per heavy atom. The molecular weight excluding hydrogens is 533 g/mol. The molecule has 0 amide bonds. The average Bonchev–Trinajstić information content (AvgIpc) is 3.35. The molecule has 212 valence electrons. The number of aromatic nitrogens is 3. The number of rotatable bonds is 12. The number of pyridine rings is 1. The number of aryl methyl sites for hydroxylation is 3. The van der Waals surface area contributed by atoms with Crippen molar-refractivity contribution in [1.29, 1.82) is 0 Å². The van der Waals surface area contributed by atoms with Crippen molar-refractivity contribution < 1.29 is 18.4 Å². The van der Waals surface area contributed by atoms with E-state index in [9.17, 15) is 9.36 Å². The molecule has 8 heteroatoms. The number of H-pyrrole nitrogens is 1. The third-order valence-corrected chi connectivity index (χ3v) is 9.35. The lowest BCUT2D eigenvalue weighted by molar-refractivity contribution is 0.0992. The van der Waals surface area contributed by atoms with E-state index in [1.165, 1.54) is 5.56 Å². The maximum atomic E-state index is 13.1. The average molecular weight is 570 g/mol. The number of ketones is 1. The van der Waals surface area contributed by atoms with E-state index in [0.29, 0.717) is 31.4 Å². The molecule has 5 rings (SSSR count). The summed E-state index contributed by atoms with van der Waals surface area (Å²) in [4.78, 5) is 26.1. The normalized spacial score (nSPS) is 11.9. The molecule has 0 radical (unpaired) electrons. The molecule has 0 aliphatic rings. The lowest BCUT2D eigenvalue weighted by Crippen LogP contribution is -2.05. The molecule has 5 aromatic rings. The molecule has 0 saturated heterocycles. The zero-order chi connectivity index (χ0) is 29.0. The second kappa shape index (κ2) is 12.5. The molecule has 0 atom stereocenters. The third kappa shape index (κ3) is 6.65. The molecule has 2 heterocycles. The van der Waals surface area contributed by atoms with Gasteiger partial charge < -0.3 is 14.0 Å². The number of hydrogen-bond acceptors (Lipinski definition) is 6. The van der Waals surface area contributed by atoms with Gasteiger partial charge in [-0.15, -0.1) is 0 Å². The van der Waals surface area contributed by atoms with E-state index in [1.807, 2.05) is 68.4 Å². The van der Waals surface area contributed by atoms with E-state index < -0.39 is 7.60 Å². The van der Waals surface area contributed by atoms with E-state index in [-0.39, 0.29) is 12.2 Å². The lowest BCUT2D eigenvalue weighted by Gasteiger charge is -2.17. The minimum atomic E-state index is -3.04. The summed E-state index contributed by atoms with van der Waals surface area (Å²) in [6, 6.07) is 21.8. The molecule has 0 bridgehead atoms. The summed E-state index contributed by atoms with van der Waals surface area (Å²) in [5, 5.41) is 1.06. The number of benzene rings is 3. The van der Waals surface area contributed by atoms with Gasteiger partial charge in [-0.25, -0.2) is 4.98 Å². The molecule has 0 fully saturated rings. The van der Waals surface area contributed by atoms with E-state index in [0.717, 1.165) is 56.6 Å². The third-order valence-electron chi connectivity index (χ3n) is 7.18. The van der Waals surface area contributed by atoms with Crippen LogP contribution < -0.4 is 0 Å². The van der Waals surface area contributed by atoms with Crippen LogP contribution in [-0.2, 0) is 26.5 Å². The lowest BCUT2D eigenvalue weighted by atomic mass is 9.97. The molecule has 3 aromatic carbocycles. The van der Waals surface area contributed by atoms with Gasteiger partial charge in [-0.3, -0.25) is 14.3 Å². The van der Waals surface area contributed by atoms with Crippen LogP contribution in [0.5, 0.6) is 0 Å². The molecule has 7 nitrogen and oxygen atoms in total. The summed E-state index contributed by atoms with van der Waals surface area (Å²) < 4.78 is 23.6. The summed E-state index contributed by atoms with van der Waals surface area (Å²) >= 11 is 0. The van der Waals surface area contributed by atoms with Crippen LogP contribution in [0.4, 0.5) is 0 Å². The summed E-state index contributed by atoms with van der Waals surface area (Å²) in [5.41, 5.74) is 8.34. The van der Waals surface area contributed by atoms with Gasteiger partial charge in [0, 0.05) is 22.2 Å². The predicted molar refractivity (Wildman–Crippen MR) is 165 cm³/mol. The number of fused-ring (bicyclic) bond motifs is 2. The first-order valence-electron chi connectivity index (χ1n) is 14.1. The number of nitrogens with one attached hydrogen (secondary N) is 1. The van der Waals surface area contributed by atoms with Gasteiger partial charge in [0.15, 0.2) is 5.78 Å². The zero-order valence-corrected chi connectivity index (χ0v) is 25.0. The van der Waals surface area contributed by atoms with Gasteiger partial charge in [-0.2, -0.15) is 0 Å². The maximum absolute atomic E-state index is 13.1. The Morgan fingerprint density at radius 3 is 2.34 bits per heavy atom. The Labute approximate surface area is 240 Å². The Kier molecular flexibility index (Phi) is 8.79. The smallest absolute Gasteiger partial charge is 0.330 e. The highest BCUT2D eigenvalue weighted by Crippen LogP contribution is 2.48. The fourth-order valence-corrected chi connectivity index (χ4v) is 7.05. The number of carbonyl (C=O) groups is 1. The van der Waals surface area contributed by atoms with Crippen molar-refractivity contribution >= 4 is 35.3 Å². The van der Waals surface area contributed by atoms with Crippen LogP contribution in [0, 0.1) is 13.8 Å². The molecule has 2 aromatic heterocycles. The number of para-hydroxylation sites is 1. The fourth-order valence-electron chi connectivity index (χ4n) is 5.38. The first-order valence-corrected chi connectivity index (χ1v) is 15.9. The van der Waals surface area contributed by atoms with Gasteiger partial charge in [0.2, 0.25) is 0 Å². The van der Waals surface area contributed by atoms with Crippen molar-refractivity contribution in [1.82, 2.24) is 15.0 Å². The highest BCUT2D eigenvalue weighted by atomic mass is 31.2. The summed E-state index contributed by atoms with van der Waals surface area (Å²) in [6.45, 7) is 8.57. The van der Waals surface area contributed by atoms with Crippen molar-refractivity contribution in [3.05, 3.63) is 94.7 Å². The van der Waals surface area contributed by atoms with Gasteiger partial charge >= 0.3 is 7.60 Å². The number of nitrogens with zero attached hydrogens (tertiary/aromatic N) is 2. The summed E-state index contributed by atoms with van der Waals surface area (Å²) in [5.74, 6) is 0.792. The van der Waals surface area contributed by atoms with Gasteiger partial charge in [0.05, 0.1) is 42.3 Å². The highest BCUT2D eigenvalue weighted by molar-refractivity contribution is 7.53. The standard InChI is InChI=1S/C33H36N3O4P/c1-5-39-41(38,40-6-2)17-9-10-24-18-22(3)32(23(4)19-24)33-35-29-16-14-26(20-30(29)36-33)31(37)21-27-15-13-25-11-7-8-12-28(25)34-27/h7-8,11-16,18-20H,5-6,9-10,17,21H2,1-4H3,(H,35,36). The second-order valence-corrected chi connectivity index (χ2v) is 12.5. The Morgan fingerprint density at radius 2 is 1.61 bits per heavy atom. The van der Waals surface area contributed by atoms with Crippen LogP contribution in [0.1, 0.15) is 53.0 Å². The van der Waals surface area contributed by atoms with Crippen LogP contribution in [0.2, 0.25) is 0 Å². The first-order chi connectivity index (χ1) is 19.8. The van der Waals surface area contributed by atoms with Crippen LogP contribution >= 0.6 is 7.60 Å². The van der Waals surface area contributed by atoms with E-state index in [1.54, 1.807) is 0 Å². The largest absolute Gasteiger partial charge is 0.338 e. The highest BCUT2D eigenvalue weighted by Gasteiger charge is 2.23. The number of imidazole rings is 1. The van der Waals surface area contributed by atoms with Crippen molar-refractivity contribution in [2.45, 2.75) is 47.0 Å². The fraction of sp³-hybridized carbons (Fsp3) is 0.303. The monoisotopic (exact) mass is 569 g/mol. The zero-order valence-electron chi connectivity index (χ0n) is 24.1. The maximum Gasteiger partial charge on any atom is 0.330 e. The Balaban J connectivity index is 1.31. The van der Waals surface area contributed by atoms with Crippen LogP contribution in [0.3, 0.4) is 0 Å². The van der Waals surface area contributed by atoms with Crippen LogP contribution in [0.15, 0.2) is 66.7 Å². The number of carbonyl (C=O) groups excluding carboxylic acids is 1. The van der Waals surface area contributed by atoms with Crippen LogP contribution in [-0.4, -0.2) is 40.1 Å². The van der Waals surface area contributed by atoms with Gasteiger partial charge in [0.25, 0.3) is 0 Å². The van der Waals surface area contributed by atoms with Crippen molar-refractivity contribution in [3.63, 3.8) is 0 Å². The van der Waals surface area contributed by atoms with Gasteiger partial charge in [-0.05, 0) is 87.6 Å². The molecule has 0 unspecified atom stereocenters. The Hall–Kier alpha value is -3.64. The van der Waals surface area contributed by atoms with Gasteiger partial charge in [0.1, 0.15) is 5.82 Å². The van der Waals surface area contributed by atoms with E-state index >= 15 is 0 Å². The van der Waals surface area contributed by atoms with E-state index in [4.69, 9.17) is 14.0 Å². The minimum Gasteiger partial charge on any atom is -0.338 e. The second-order valence-electron chi connectivity index (χ2n) is 10.3. The molecule has 0 spiro atoms. The molecular formula is C33H36N3O4P. The topological polar surface area (TPSA) is 94.2 Å². The van der Waals surface area contributed by atoms with Crippen LogP contribution in [0.25, 0.3) is 33.3 Å². The van der Waals surface area contributed by atoms with Crippen molar-refractivity contribution in [3.8, 4) is 11.4 Å². The first kappa shape index (κ1) is 28.9.